The second-order valence-electron chi connectivity index (χ2n) is 5.20. The molecule has 1 aliphatic carbocycles. The maximum absolute atomic E-state index is 12.1. The SMILES string of the molecule is COc1cccc2c1CCN(C(=O)C1CC1)CC2. The summed E-state index contributed by atoms with van der Waals surface area (Å²) >= 11 is 0. The largest absolute Gasteiger partial charge is 0.496 e. The van der Waals surface area contributed by atoms with E-state index in [4.69, 9.17) is 4.74 Å². The summed E-state index contributed by atoms with van der Waals surface area (Å²) in [5.74, 6) is 1.66. The number of hydrogen-bond acceptors (Lipinski definition) is 2. The number of ether oxygens (including phenoxy) is 1. The molecular weight excluding hydrogens is 226 g/mol. The number of rotatable bonds is 2. The fourth-order valence-corrected chi connectivity index (χ4v) is 2.74. The monoisotopic (exact) mass is 245 g/mol. The molecule has 18 heavy (non-hydrogen) atoms. The molecule has 0 spiro atoms. The Bertz CT molecular complexity index is 466. The Morgan fingerprint density at radius 3 is 2.78 bits per heavy atom. The van der Waals surface area contributed by atoms with Crippen molar-refractivity contribution in [3.63, 3.8) is 0 Å². The van der Waals surface area contributed by atoms with Crippen LogP contribution in [-0.2, 0) is 17.6 Å². The molecule has 0 unspecified atom stereocenters. The predicted octanol–water partition coefficient (Wildman–Crippen LogP) is 2.03. The number of amides is 1. The van der Waals surface area contributed by atoms with Gasteiger partial charge in [0, 0.05) is 19.0 Å². The van der Waals surface area contributed by atoms with E-state index in [9.17, 15) is 4.79 Å². The number of nitrogens with zero attached hydrogens (tertiary/aromatic N) is 1. The summed E-state index contributed by atoms with van der Waals surface area (Å²) in [5.41, 5.74) is 2.62. The van der Waals surface area contributed by atoms with Crippen molar-refractivity contribution in [1.29, 1.82) is 0 Å². The molecule has 3 nitrogen and oxygen atoms in total. The zero-order valence-corrected chi connectivity index (χ0v) is 10.8. The molecule has 1 amide bonds. The summed E-state index contributed by atoms with van der Waals surface area (Å²) in [6.07, 6.45) is 4.04. The van der Waals surface area contributed by atoms with Gasteiger partial charge in [-0.2, -0.15) is 0 Å². The van der Waals surface area contributed by atoms with Gasteiger partial charge >= 0.3 is 0 Å². The van der Waals surface area contributed by atoms with Crippen LogP contribution in [0.2, 0.25) is 0 Å². The number of benzene rings is 1. The molecule has 0 N–H and O–H groups in total. The highest BCUT2D eigenvalue weighted by Gasteiger charge is 2.33. The summed E-state index contributed by atoms with van der Waals surface area (Å²) < 4.78 is 5.42. The van der Waals surface area contributed by atoms with Gasteiger partial charge in [0.15, 0.2) is 0 Å². The van der Waals surface area contributed by atoms with Gasteiger partial charge in [0.2, 0.25) is 5.91 Å². The lowest BCUT2D eigenvalue weighted by molar-refractivity contribution is -0.132. The molecule has 3 heteroatoms. The Hall–Kier alpha value is -1.51. The van der Waals surface area contributed by atoms with E-state index in [0.717, 1.165) is 44.5 Å². The quantitative estimate of drug-likeness (QED) is 0.798. The summed E-state index contributed by atoms with van der Waals surface area (Å²) in [6.45, 7) is 1.69. The minimum Gasteiger partial charge on any atom is -0.496 e. The lowest BCUT2D eigenvalue weighted by Gasteiger charge is -2.19. The van der Waals surface area contributed by atoms with Gasteiger partial charge in [-0.05, 0) is 42.9 Å². The number of fused-ring (bicyclic) bond motifs is 1. The molecule has 3 rings (SSSR count). The van der Waals surface area contributed by atoms with Crippen molar-refractivity contribution < 1.29 is 9.53 Å². The van der Waals surface area contributed by atoms with Crippen molar-refractivity contribution in [3.8, 4) is 5.75 Å². The first-order chi connectivity index (χ1) is 8.79. The molecule has 1 saturated carbocycles. The summed E-state index contributed by atoms with van der Waals surface area (Å²) in [7, 11) is 1.72. The normalized spacial score (nSPS) is 19.1. The van der Waals surface area contributed by atoms with E-state index in [1.54, 1.807) is 7.11 Å². The molecule has 2 aliphatic rings. The van der Waals surface area contributed by atoms with Crippen LogP contribution in [0.25, 0.3) is 0 Å². The molecule has 1 fully saturated rings. The smallest absolute Gasteiger partial charge is 0.225 e. The molecule has 0 saturated heterocycles. The van der Waals surface area contributed by atoms with Crippen molar-refractivity contribution in [1.82, 2.24) is 4.90 Å². The fraction of sp³-hybridized carbons (Fsp3) is 0.533. The Kier molecular flexibility index (Phi) is 2.98. The third kappa shape index (κ3) is 2.09. The van der Waals surface area contributed by atoms with E-state index in [-0.39, 0.29) is 0 Å². The van der Waals surface area contributed by atoms with Crippen LogP contribution in [0.15, 0.2) is 18.2 Å². The Labute approximate surface area is 108 Å². The van der Waals surface area contributed by atoms with Crippen LogP contribution in [-0.4, -0.2) is 31.0 Å². The highest BCUT2D eigenvalue weighted by molar-refractivity contribution is 5.81. The van der Waals surface area contributed by atoms with E-state index >= 15 is 0 Å². The van der Waals surface area contributed by atoms with E-state index in [0.29, 0.717) is 11.8 Å². The van der Waals surface area contributed by atoms with Gasteiger partial charge in [-0.1, -0.05) is 12.1 Å². The first kappa shape index (κ1) is 11.6. The zero-order chi connectivity index (χ0) is 12.5. The van der Waals surface area contributed by atoms with Gasteiger partial charge in [0.05, 0.1) is 7.11 Å². The van der Waals surface area contributed by atoms with Gasteiger partial charge in [-0.15, -0.1) is 0 Å². The lowest BCUT2D eigenvalue weighted by atomic mass is 10.0. The van der Waals surface area contributed by atoms with Crippen LogP contribution in [0.1, 0.15) is 24.0 Å². The first-order valence-electron chi connectivity index (χ1n) is 6.73. The van der Waals surface area contributed by atoms with E-state index in [1.807, 2.05) is 17.0 Å². The van der Waals surface area contributed by atoms with E-state index in [2.05, 4.69) is 6.07 Å². The van der Waals surface area contributed by atoms with Gasteiger partial charge in [0.25, 0.3) is 0 Å². The van der Waals surface area contributed by atoms with Crippen LogP contribution in [0.3, 0.4) is 0 Å². The third-order valence-electron chi connectivity index (χ3n) is 3.97. The van der Waals surface area contributed by atoms with Gasteiger partial charge < -0.3 is 9.64 Å². The van der Waals surface area contributed by atoms with Gasteiger partial charge in [-0.25, -0.2) is 0 Å². The molecule has 0 atom stereocenters. The number of methoxy groups -OCH3 is 1. The molecule has 96 valence electrons. The maximum atomic E-state index is 12.1. The van der Waals surface area contributed by atoms with Crippen molar-refractivity contribution in [2.45, 2.75) is 25.7 Å². The van der Waals surface area contributed by atoms with Crippen molar-refractivity contribution in [2.24, 2.45) is 5.92 Å². The highest BCUT2D eigenvalue weighted by Crippen LogP contribution is 2.32. The third-order valence-corrected chi connectivity index (χ3v) is 3.97. The second kappa shape index (κ2) is 4.63. The van der Waals surface area contributed by atoms with E-state index < -0.39 is 0 Å². The zero-order valence-electron chi connectivity index (χ0n) is 10.8. The highest BCUT2D eigenvalue weighted by atomic mass is 16.5. The van der Waals surface area contributed by atoms with Crippen molar-refractivity contribution in [2.75, 3.05) is 20.2 Å². The fourth-order valence-electron chi connectivity index (χ4n) is 2.74. The second-order valence-corrected chi connectivity index (χ2v) is 5.20. The first-order valence-corrected chi connectivity index (χ1v) is 6.73. The topological polar surface area (TPSA) is 29.5 Å². The van der Waals surface area contributed by atoms with Crippen LogP contribution >= 0.6 is 0 Å². The van der Waals surface area contributed by atoms with Crippen molar-refractivity contribution >= 4 is 5.91 Å². The summed E-state index contributed by atoms with van der Waals surface area (Å²) in [5, 5.41) is 0. The standard InChI is InChI=1S/C15H19NO2/c1-18-14-4-2-3-11-7-9-16(10-8-13(11)14)15(17)12-5-6-12/h2-4,12H,5-10H2,1H3. The molecule has 1 aliphatic heterocycles. The number of carbonyl (C=O) groups excluding carboxylic acids is 1. The molecule has 0 radical (unpaired) electrons. The average molecular weight is 245 g/mol. The molecular formula is C15H19NO2. The lowest BCUT2D eigenvalue weighted by Crippen LogP contribution is -2.34. The molecule has 1 aromatic rings. The molecule has 1 aromatic carbocycles. The van der Waals surface area contributed by atoms with Crippen LogP contribution in [0, 0.1) is 5.92 Å². The maximum Gasteiger partial charge on any atom is 0.225 e. The number of hydrogen-bond donors (Lipinski definition) is 0. The summed E-state index contributed by atoms with van der Waals surface area (Å²) in [6, 6.07) is 6.20. The number of carbonyl (C=O) groups is 1. The minimum atomic E-state index is 0.327. The Morgan fingerprint density at radius 2 is 2.06 bits per heavy atom. The average Bonchev–Trinajstić information content (AvgIpc) is 3.23. The summed E-state index contributed by atoms with van der Waals surface area (Å²) in [4.78, 5) is 14.2. The predicted molar refractivity (Wildman–Crippen MR) is 69.7 cm³/mol. The van der Waals surface area contributed by atoms with Crippen LogP contribution < -0.4 is 4.74 Å². The van der Waals surface area contributed by atoms with E-state index in [1.165, 1.54) is 11.1 Å². The van der Waals surface area contributed by atoms with Crippen LogP contribution in [0.5, 0.6) is 5.75 Å². The molecule has 0 bridgehead atoms. The van der Waals surface area contributed by atoms with Gasteiger partial charge in [0.1, 0.15) is 5.75 Å². The Balaban J connectivity index is 1.79. The van der Waals surface area contributed by atoms with Crippen molar-refractivity contribution in [3.05, 3.63) is 29.3 Å². The van der Waals surface area contributed by atoms with Crippen LogP contribution in [0.4, 0.5) is 0 Å². The molecule has 1 heterocycles. The molecule has 0 aromatic heterocycles. The minimum absolute atomic E-state index is 0.327. The Morgan fingerprint density at radius 1 is 1.28 bits per heavy atom. The van der Waals surface area contributed by atoms with Gasteiger partial charge in [-0.3, -0.25) is 4.79 Å².